The number of likely N-dealkylation sites (tertiary alicyclic amines) is 1. The highest BCUT2D eigenvalue weighted by Crippen LogP contribution is 2.25. The van der Waals surface area contributed by atoms with Gasteiger partial charge in [0.1, 0.15) is 0 Å². The number of hydrogen-bond acceptors (Lipinski definition) is 4. The number of rotatable bonds is 5. The average molecular weight is 414 g/mol. The fourth-order valence-electron chi connectivity index (χ4n) is 5.04. The van der Waals surface area contributed by atoms with Crippen LogP contribution >= 0.6 is 0 Å². The lowest BCUT2D eigenvalue weighted by molar-refractivity contribution is -0.142. The van der Waals surface area contributed by atoms with Gasteiger partial charge >= 0.3 is 0 Å². The molecule has 0 aromatic heterocycles. The van der Waals surface area contributed by atoms with Crippen LogP contribution in [0.25, 0.3) is 0 Å². The summed E-state index contributed by atoms with van der Waals surface area (Å²) in [5.41, 5.74) is 4.09. The van der Waals surface area contributed by atoms with Crippen molar-refractivity contribution in [2.75, 3.05) is 45.9 Å². The Morgan fingerprint density at radius 1 is 1.10 bits per heavy atom. The maximum Gasteiger partial charge on any atom is 0.234 e. The number of piperidine rings is 1. The van der Waals surface area contributed by atoms with Gasteiger partial charge in [-0.3, -0.25) is 14.5 Å². The van der Waals surface area contributed by atoms with E-state index in [0.717, 1.165) is 25.8 Å². The first-order valence-corrected chi connectivity index (χ1v) is 11.6. The Kier molecular flexibility index (Phi) is 7.05. The van der Waals surface area contributed by atoms with E-state index in [-0.39, 0.29) is 23.8 Å². The predicted octanol–water partition coefficient (Wildman–Crippen LogP) is 2.31. The molecule has 2 saturated heterocycles. The molecule has 2 fully saturated rings. The summed E-state index contributed by atoms with van der Waals surface area (Å²) >= 11 is 0. The standard InChI is InChI=1S/C24H35N3O3/c1-18(20-9-8-19-5-2-3-6-21(19)15-20)25-23(28)17-26-10-4-7-22(16-26)24(29)27-11-13-30-14-12-27/h8-9,15,18,22H,2-7,10-14,16-17H2,1H3,(H,25,28)/t18-,22+/m0/s1. The first-order chi connectivity index (χ1) is 14.6. The van der Waals surface area contributed by atoms with Gasteiger partial charge in [0.2, 0.25) is 11.8 Å². The van der Waals surface area contributed by atoms with E-state index < -0.39 is 0 Å². The van der Waals surface area contributed by atoms with Gasteiger partial charge in [0, 0.05) is 19.6 Å². The van der Waals surface area contributed by atoms with E-state index in [2.05, 4.69) is 35.3 Å². The third kappa shape index (κ3) is 5.22. The molecule has 2 atom stereocenters. The van der Waals surface area contributed by atoms with E-state index >= 15 is 0 Å². The van der Waals surface area contributed by atoms with Gasteiger partial charge in [0.25, 0.3) is 0 Å². The molecule has 30 heavy (non-hydrogen) atoms. The van der Waals surface area contributed by atoms with Crippen molar-refractivity contribution in [3.8, 4) is 0 Å². The molecule has 6 heteroatoms. The molecule has 0 spiro atoms. The minimum Gasteiger partial charge on any atom is -0.378 e. The maximum absolute atomic E-state index is 12.8. The molecule has 2 aliphatic heterocycles. The van der Waals surface area contributed by atoms with Crippen LogP contribution in [0.2, 0.25) is 0 Å². The zero-order valence-corrected chi connectivity index (χ0v) is 18.2. The number of carbonyl (C=O) groups is 2. The van der Waals surface area contributed by atoms with Crippen LogP contribution in [0.4, 0.5) is 0 Å². The highest BCUT2D eigenvalue weighted by Gasteiger charge is 2.30. The molecule has 4 rings (SSSR count). The van der Waals surface area contributed by atoms with Crippen LogP contribution in [0.5, 0.6) is 0 Å². The molecular formula is C24H35N3O3. The maximum atomic E-state index is 12.8. The molecule has 2 heterocycles. The Hall–Kier alpha value is -1.92. The number of hydrogen-bond donors (Lipinski definition) is 1. The number of ether oxygens (including phenoxy) is 1. The summed E-state index contributed by atoms with van der Waals surface area (Å²) in [6, 6.07) is 6.67. The quantitative estimate of drug-likeness (QED) is 0.805. The Bertz CT molecular complexity index is 760. The van der Waals surface area contributed by atoms with E-state index in [1.165, 1.54) is 36.0 Å². The first-order valence-electron chi connectivity index (χ1n) is 11.6. The number of nitrogens with one attached hydrogen (secondary N) is 1. The number of amides is 2. The Morgan fingerprint density at radius 2 is 1.87 bits per heavy atom. The lowest BCUT2D eigenvalue weighted by Gasteiger charge is -2.36. The first kappa shape index (κ1) is 21.3. The Labute approximate surface area is 179 Å². The number of carbonyl (C=O) groups excluding carboxylic acids is 2. The lowest BCUT2D eigenvalue weighted by Crippen LogP contribution is -2.50. The number of aryl methyl sites for hydroxylation is 2. The second-order valence-corrected chi connectivity index (χ2v) is 9.04. The molecule has 1 aromatic rings. The molecule has 2 amide bonds. The minimum absolute atomic E-state index is 0.000274. The number of nitrogens with zero attached hydrogens (tertiary/aromatic N) is 2. The monoisotopic (exact) mass is 413 g/mol. The molecular weight excluding hydrogens is 378 g/mol. The summed E-state index contributed by atoms with van der Waals surface area (Å²) in [4.78, 5) is 29.6. The van der Waals surface area contributed by atoms with Gasteiger partial charge in [-0.05, 0) is 68.7 Å². The van der Waals surface area contributed by atoms with Crippen molar-refractivity contribution in [1.82, 2.24) is 15.1 Å². The zero-order chi connectivity index (χ0) is 20.9. The van der Waals surface area contributed by atoms with Crippen LogP contribution in [0, 0.1) is 5.92 Å². The van der Waals surface area contributed by atoms with Crippen molar-refractivity contribution in [3.05, 3.63) is 34.9 Å². The van der Waals surface area contributed by atoms with E-state index in [9.17, 15) is 9.59 Å². The minimum atomic E-state index is 0.000274. The highest BCUT2D eigenvalue weighted by molar-refractivity contribution is 5.80. The van der Waals surface area contributed by atoms with Gasteiger partial charge in [-0.1, -0.05) is 18.2 Å². The van der Waals surface area contributed by atoms with Gasteiger partial charge in [0.15, 0.2) is 0 Å². The summed E-state index contributed by atoms with van der Waals surface area (Å²) in [6.07, 6.45) is 6.75. The lowest BCUT2D eigenvalue weighted by atomic mass is 9.89. The molecule has 1 N–H and O–H groups in total. The van der Waals surface area contributed by atoms with Crippen molar-refractivity contribution < 1.29 is 14.3 Å². The second-order valence-electron chi connectivity index (χ2n) is 9.04. The van der Waals surface area contributed by atoms with Crippen LogP contribution in [-0.4, -0.2) is 67.6 Å². The van der Waals surface area contributed by atoms with E-state index in [0.29, 0.717) is 39.4 Å². The third-order valence-corrected chi connectivity index (χ3v) is 6.79. The number of fused-ring (bicyclic) bond motifs is 1. The van der Waals surface area contributed by atoms with Crippen molar-refractivity contribution in [2.24, 2.45) is 5.92 Å². The molecule has 164 valence electrons. The van der Waals surface area contributed by atoms with E-state index in [4.69, 9.17) is 4.74 Å². The van der Waals surface area contributed by atoms with Crippen molar-refractivity contribution in [2.45, 2.75) is 51.5 Å². The van der Waals surface area contributed by atoms with Gasteiger partial charge in [-0.2, -0.15) is 0 Å². The molecule has 0 radical (unpaired) electrons. The fraction of sp³-hybridized carbons (Fsp3) is 0.667. The number of morpholine rings is 1. The molecule has 0 unspecified atom stereocenters. The van der Waals surface area contributed by atoms with Crippen LogP contribution < -0.4 is 5.32 Å². The third-order valence-electron chi connectivity index (χ3n) is 6.79. The average Bonchev–Trinajstić information content (AvgIpc) is 2.79. The molecule has 3 aliphatic rings. The number of benzene rings is 1. The zero-order valence-electron chi connectivity index (χ0n) is 18.2. The molecule has 0 saturated carbocycles. The topological polar surface area (TPSA) is 61.9 Å². The van der Waals surface area contributed by atoms with Crippen LogP contribution in [0.15, 0.2) is 18.2 Å². The van der Waals surface area contributed by atoms with Gasteiger partial charge in [-0.15, -0.1) is 0 Å². The SMILES string of the molecule is C[C@H](NC(=O)CN1CCC[C@@H](C(=O)N2CCOCC2)C1)c1ccc2c(c1)CCCC2. The van der Waals surface area contributed by atoms with Crippen molar-refractivity contribution in [1.29, 1.82) is 0 Å². The second kappa shape index (κ2) is 9.92. The van der Waals surface area contributed by atoms with Crippen molar-refractivity contribution >= 4 is 11.8 Å². The molecule has 1 aliphatic carbocycles. The Balaban J connectivity index is 1.28. The largest absolute Gasteiger partial charge is 0.378 e. The van der Waals surface area contributed by atoms with Gasteiger partial charge in [-0.25, -0.2) is 0 Å². The smallest absolute Gasteiger partial charge is 0.234 e. The summed E-state index contributed by atoms with van der Waals surface area (Å²) in [5.74, 6) is 0.272. The molecule has 6 nitrogen and oxygen atoms in total. The summed E-state index contributed by atoms with van der Waals surface area (Å²) in [5, 5.41) is 3.17. The molecule has 1 aromatic carbocycles. The van der Waals surface area contributed by atoms with E-state index in [1.54, 1.807) is 0 Å². The summed E-state index contributed by atoms with van der Waals surface area (Å²) in [7, 11) is 0. The summed E-state index contributed by atoms with van der Waals surface area (Å²) in [6.45, 7) is 6.62. The molecule has 0 bridgehead atoms. The van der Waals surface area contributed by atoms with Gasteiger partial charge in [0.05, 0.1) is 31.7 Å². The van der Waals surface area contributed by atoms with E-state index in [1.807, 2.05) is 4.90 Å². The van der Waals surface area contributed by atoms with Gasteiger partial charge < -0.3 is 15.0 Å². The van der Waals surface area contributed by atoms with Crippen molar-refractivity contribution in [3.63, 3.8) is 0 Å². The van der Waals surface area contributed by atoms with Crippen LogP contribution in [-0.2, 0) is 27.2 Å². The van der Waals surface area contributed by atoms with Crippen LogP contribution in [0.3, 0.4) is 0 Å². The predicted molar refractivity (Wildman–Crippen MR) is 116 cm³/mol. The summed E-state index contributed by atoms with van der Waals surface area (Å²) < 4.78 is 5.36. The Morgan fingerprint density at radius 3 is 2.67 bits per heavy atom. The highest BCUT2D eigenvalue weighted by atomic mass is 16.5. The normalized spacial score (nSPS) is 23.5. The van der Waals surface area contributed by atoms with Crippen LogP contribution in [0.1, 0.15) is 55.3 Å². The fourth-order valence-corrected chi connectivity index (χ4v) is 5.04.